The van der Waals surface area contributed by atoms with E-state index in [-0.39, 0.29) is 5.91 Å². The number of hydrogen-bond donors (Lipinski definition) is 2. The van der Waals surface area contributed by atoms with E-state index in [0.29, 0.717) is 24.7 Å². The third-order valence-electron chi connectivity index (χ3n) is 3.47. The van der Waals surface area contributed by atoms with Crippen LogP contribution in [-0.4, -0.2) is 18.6 Å². The highest BCUT2D eigenvalue weighted by atomic mass is 16.5. The molecule has 0 aliphatic heterocycles. The number of para-hydroxylation sites is 2. The Labute approximate surface area is 128 Å². The number of primary amides is 1. The fourth-order valence-corrected chi connectivity index (χ4v) is 2.85. The molecule has 0 saturated heterocycles. The SMILES string of the molecule is COc1ccccc1NC(CC(C)C)(CC(C)C)C(N)=O. The van der Waals surface area contributed by atoms with Gasteiger partial charge in [0.15, 0.2) is 0 Å². The van der Waals surface area contributed by atoms with E-state index < -0.39 is 5.54 Å². The van der Waals surface area contributed by atoms with Crippen molar-refractivity contribution < 1.29 is 9.53 Å². The molecule has 21 heavy (non-hydrogen) atoms. The normalized spacial score (nSPS) is 11.8. The summed E-state index contributed by atoms with van der Waals surface area (Å²) in [4.78, 5) is 12.2. The van der Waals surface area contributed by atoms with Crippen LogP contribution < -0.4 is 15.8 Å². The number of carbonyl (C=O) groups excluding carboxylic acids is 1. The number of methoxy groups -OCH3 is 1. The first-order valence-electron chi connectivity index (χ1n) is 7.52. The van der Waals surface area contributed by atoms with Crippen molar-refractivity contribution in [3.8, 4) is 5.75 Å². The molecule has 1 aromatic rings. The maximum atomic E-state index is 12.2. The van der Waals surface area contributed by atoms with Gasteiger partial charge >= 0.3 is 0 Å². The maximum absolute atomic E-state index is 12.2. The lowest BCUT2D eigenvalue weighted by Crippen LogP contribution is -2.52. The molecule has 0 saturated carbocycles. The fraction of sp³-hybridized carbons (Fsp3) is 0.588. The fourth-order valence-electron chi connectivity index (χ4n) is 2.85. The molecule has 1 aromatic carbocycles. The van der Waals surface area contributed by atoms with Crippen LogP contribution in [0.15, 0.2) is 24.3 Å². The Morgan fingerprint density at radius 1 is 1.19 bits per heavy atom. The topological polar surface area (TPSA) is 64.3 Å². The van der Waals surface area contributed by atoms with E-state index in [1.165, 1.54) is 0 Å². The highest BCUT2D eigenvalue weighted by Gasteiger charge is 2.38. The minimum absolute atomic E-state index is 0.309. The van der Waals surface area contributed by atoms with Crippen LogP contribution in [0, 0.1) is 11.8 Å². The highest BCUT2D eigenvalue weighted by Crippen LogP contribution is 2.33. The van der Waals surface area contributed by atoms with Crippen LogP contribution in [0.2, 0.25) is 0 Å². The zero-order valence-corrected chi connectivity index (χ0v) is 13.8. The smallest absolute Gasteiger partial charge is 0.243 e. The molecule has 0 aliphatic carbocycles. The third kappa shape index (κ3) is 4.66. The Bertz CT molecular complexity index is 460. The Hall–Kier alpha value is -1.71. The van der Waals surface area contributed by atoms with Gasteiger partial charge in [0.2, 0.25) is 5.91 Å². The first-order chi connectivity index (χ1) is 9.80. The summed E-state index contributed by atoms with van der Waals surface area (Å²) in [6.07, 6.45) is 1.39. The molecule has 0 unspecified atom stereocenters. The second-order valence-corrected chi connectivity index (χ2v) is 6.47. The van der Waals surface area contributed by atoms with Crippen LogP contribution in [0.4, 0.5) is 5.69 Å². The molecule has 0 radical (unpaired) electrons. The Morgan fingerprint density at radius 3 is 2.14 bits per heavy atom. The largest absolute Gasteiger partial charge is 0.495 e. The van der Waals surface area contributed by atoms with Gasteiger partial charge < -0.3 is 15.8 Å². The summed E-state index contributed by atoms with van der Waals surface area (Å²) in [5.41, 5.74) is 5.82. The summed E-state index contributed by atoms with van der Waals surface area (Å²) in [5.74, 6) is 1.13. The summed E-state index contributed by atoms with van der Waals surface area (Å²) in [6.45, 7) is 8.40. The standard InChI is InChI=1S/C17H28N2O2/c1-12(2)10-17(16(18)20,11-13(3)4)19-14-8-6-7-9-15(14)21-5/h6-9,12-13,19H,10-11H2,1-5H3,(H2,18,20). The number of anilines is 1. The van der Waals surface area contributed by atoms with Crippen LogP contribution in [0.25, 0.3) is 0 Å². The van der Waals surface area contributed by atoms with Crippen LogP contribution in [-0.2, 0) is 4.79 Å². The second kappa shape index (κ2) is 7.34. The van der Waals surface area contributed by atoms with Gasteiger partial charge in [-0.15, -0.1) is 0 Å². The quantitative estimate of drug-likeness (QED) is 0.771. The zero-order chi connectivity index (χ0) is 16.0. The summed E-state index contributed by atoms with van der Waals surface area (Å²) in [7, 11) is 1.62. The molecule has 0 fully saturated rings. The molecule has 0 heterocycles. The molecule has 1 amide bonds. The predicted molar refractivity (Wildman–Crippen MR) is 87.5 cm³/mol. The van der Waals surface area contributed by atoms with Crippen molar-refractivity contribution in [2.75, 3.05) is 12.4 Å². The molecule has 4 heteroatoms. The molecule has 118 valence electrons. The molecule has 0 bridgehead atoms. The Morgan fingerprint density at radius 2 is 1.71 bits per heavy atom. The zero-order valence-electron chi connectivity index (χ0n) is 13.8. The van der Waals surface area contributed by atoms with Crippen molar-refractivity contribution in [2.24, 2.45) is 17.6 Å². The van der Waals surface area contributed by atoms with Gasteiger partial charge in [0.1, 0.15) is 11.3 Å². The van der Waals surface area contributed by atoms with E-state index in [4.69, 9.17) is 10.5 Å². The number of amides is 1. The number of nitrogens with two attached hydrogens (primary N) is 1. The number of carbonyl (C=O) groups is 1. The summed E-state index contributed by atoms with van der Waals surface area (Å²) >= 11 is 0. The van der Waals surface area contributed by atoms with Gasteiger partial charge in [-0.05, 0) is 36.8 Å². The van der Waals surface area contributed by atoms with Crippen LogP contribution in [0.3, 0.4) is 0 Å². The van der Waals surface area contributed by atoms with Gasteiger partial charge in [0.05, 0.1) is 12.8 Å². The number of benzene rings is 1. The molecule has 4 nitrogen and oxygen atoms in total. The van der Waals surface area contributed by atoms with Gasteiger partial charge in [0, 0.05) is 0 Å². The van der Waals surface area contributed by atoms with Crippen LogP contribution in [0.5, 0.6) is 5.75 Å². The van der Waals surface area contributed by atoms with Crippen LogP contribution >= 0.6 is 0 Å². The van der Waals surface area contributed by atoms with Crippen molar-refractivity contribution >= 4 is 11.6 Å². The minimum atomic E-state index is -0.753. The van der Waals surface area contributed by atoms with E-state index in [0.717, 1.165) is 11.4 Å². The molecular formula is C17H28N2O2. The minimum Gasteiger partial charge on any atom is -0.495 e. The lowest BCUT2D eigenvalue weighted by Gasteiger charge is -2.36. The van der Waals surface area contributed by atoms with Crippen molar-refractivity contribution in [1.82, 2.24) is 0 Å². The van der Waals surface area contributed by atoms with Gasteiger partial charge in [-0.2, -0.15) is 0 Å². The average molecular weight is 292 g/mol. The van der Waals surface area contributed by atoms with Gasteiger partial charge in [0.25, 0.3) is 0 Å². The first kappa shape index (κ1) is 17.3. The van der Waals surface area contributed by atoms with E-state index in [9.17, 15) is 4.79 Å². The molecular weight excluding hydrogens is 264 g/mol. The predicted octanol–water partition coefficient (Wildman–Crippen LogP) is 3.42. The van der Waals surface area contributed by atoms with Gasteiger partial charge in [-0.1, -0.05) is 39.8 Å². The lowest BCUT2D eigenvalue weighted by atomic mass is 9.81. The van der Waals surface area contributed by atoms with Crippen molar-refractivity contribution in [1.29, 1.82) is 0 Å². The lowest BCUT2D eigenvalue weighted by molar-refractivity contribution is -0.123. The third-order valence-corrected chi connectivity index (χ3v) is 3.47. The molecule has 0 atom stereocenters. The van der Waals surface area contributed by atoms with E-state index in [1.54, 1.807) is 7.11 Å². The number of rotatable bonds is 8. The van der Waals surface area contributed by atoms with Crippen molar-refractivity contribution in [3.05, 3.63) is 24.3 Å². The second-order valence-electron chi connectivity index (χ2n) is 6.47. The summed E-state index contributed by atoms with van der Waals surface area (Å²) in [6, 6.07) is 7.61. The Kier molecular flexibility index (Phi) is 6.06. The van der Waals surface area contributed by atoms with Crippen LogP contribution in [0.1, 0.15) is 40.5 Å². The molecule has 0 aliphatic rings. The number of nitrogens with one attached hydrogen (secondary N) is 1. The number of ether oxygens (including phenoxy) is 1. The molecule has 0 spiro atoms. The monoisotopic (exact) mass is 292 g/mol. The van der Waals surface area contributed by atoms with Gasteiger partial charge in [-0.3, -0.25) is 4.79 Å². The van der Waals surface area contributed by atoms with E-state index in [2.05, 4.69) is 33.0 Å². The molecule has 0 aromatic heterocycles. The Balaban J connectivity index is 3.18. The van der Waals surface area contributed by atoms with Gasteiger partial charge in [-0.25, -0.2) is 0 Å². The summed E-state index contributed by atoms with van der Waals surface area (Å²) < 4.78 is 5.37. The maximum Gasteiger partial charge on any atom is 0.243 e. The number of hydrogen-bond acceptors (Lipinski definition) is 3. The van der Waals surface area contributed by atoms with E-state index in [1.807, 2.05) is 24.3 Å². The highest BCUT2D eigenvalue weighted by molar-refractivity contribution is 5.88. The molecule has 1 rings (SSSR count). The van der Waals surface area contributed by atoms with Crippen molar-refractivity contribution in [3.63, 3.8) is 0 Å². The average Bonchev–Trinajstić information content (AvgIpc) is 2.37. The van der Waals surface area contributed by atoms with Crippen molar-refractivity contribution in [2.45, 2.75) is 46.1 Å². The molecule has 3 N–H and O–H groups in total. The van der Waals surface area contributed by atoms with E-state index >= 15 is 0 Å². The summed E-state index contributed by atoms with van der Waals surface area (Å²) in [5, 5.41) is 3.37. The first-order valence-corrected chi connectivity index (χ1v) is 7.52.